The van der Waals surface area contributed by atoms with Crippen molar-refractivity contribution in [1.82, 2.24) is 25.3 Å². The molecular formula is C16H26N6O. The smallest absolute Gasteiger partial charge is 0.320 e. The zero-order valence-corrected chi connectivity index (χ0v) is 14.5. The van der Waals surface area contributed by atoms with E-state index in [9.17, 15) is 4.79 Å². The Morgan fingerprint density at radius 2 is 2.09 bits per heavy atom. The molecule has 3 N–H and O–H groups in total. The van der Waals surface area contributed by atoms with E-state index in [1.165, 1.54) is 5.56 Å². The molecule has 2 rings (SSSR count). The molecule has 0 saturated heterocycles. The number of nitrogens with zero attached hydrogens (tertiary/aromatic N) is 3. The molecule has 0 spiro atoms. The molecule has 23 heavy (non-hydrogen) atoms. The fourth-order valence-corrected chi connectivity index (χ4v) is 2.57. The van der Waals surface area contributed by atoms with E-state index in [4.69, 9.17) is 0 Å². The molecule has 0 saturated carbocycles. The van der Waals surface area contributed by atoms with Crippen molar-refractivity contribution >= 4 is 11.8 Å². The normalized spacial score (nSPS) is 11.0. The van der Waals surface area contributed by atoms with Crippen LogP contribution in [0.4, 0.5) is 10.6 Å². The van der Waals surface area contributed by atoms with Gasteiger partial charge < -0.3 is 5.32 Å². The average molecular weight is 318 g/mol. The van der Waals surface area contributed by atoms with Crippen LogP contribution in [-0.4, -0.2) is 32.6 Å². The number of nitrogens with one attached hydrogen (secondary N) is 3. The van der Waals surface area contributed by atoms with E-state index in [2.05, 4.69) is 25.9 Å². The predicted molar refractivity (Wildman–Crippen MR) is 90.8 cm³/mol. The summed E-state index contributed by atoms with van der Waals surface area (Å²) in [5.41, 5.74) is 4.26. The highest BCUT2D eigenvalue weighted by Gasteiger charge is 2.11. The van der Waals surface area contributed by atoms with Gasteiger partial charge in [0.15, 0.2) is 0 Å². The van der Waals surface area contributed by atoms with Gasteiger partial charge in [-0.2, -0.15) is 10.2 Å². The van der Waals surface area contributed by atoms with Gasteiger partial charge in [-0.15, -0.1) is 0 Å². The minimum absolute atomic E-state index is 0.200. The van der Waals surface area contributed by atoms with Crippen molar-refractivity contribution in [3.8, 4) is 0 Å². The van der Waals surface area contributed by atoms with Crippen molar-refractivity contribution in [2.75, 3.05) is 11.9 Å². The first-order valence-electron chi connectivity index (χ1n) is 8.00. The quantitative estimate of drug-likeness (QED) is 0.716. The summed E-state index contributed by atoms with van der Waals surface area (Å²) in [4.78, 5) is 12.0. The van der Waals surface area contributed by atoms with Crippen LogP contribution in [0.1, 0.15) is 49.0 Å². The van der Waals surface area contributed by atoms with Crippen LogP contribution in [0, 0.1) is 20.8 Å². The Bertz CT molecular complexity index is 651. The summed E-state index contributed by atoms with van der Waals surface area (Å²) in [5.74, 6) is 0.719. The number of hydrogen-bond acceptors (Lipinski definition) is 3. The summed E-state index contributed by atoms with van der Waals surface area (Å²) >= 11 is 0. The van der Waals surface area contributed by atoms with E-state index in [1.807, 2.05) is 45.4 Å². The Morgan fingerprint density at radius 3 is 2.70 bits per heavy atom. The summed E-state index contributed by atoms with van der Waals surface area (Å²) in [6.45, 7) is 10.6. The van der Waals surface area contributed by atoms with E-state index in [1.54, 1.807) is 0 Å². The van der Waals surface area contributed by atoms with Crippen LogP contribution in [0.3, 0.4) is 0 Å². The van der Waals surface area contributed by atoms with Gasteiger partial charge in [0.05, 0.1) is 11.4 Å². The number of rotatable bonds is 6. The van der Waals surface area contributed by atoms with Crippen molar-refractivity contribution < 1.29 is 4.79 Å². The van der Waals surface area contributed by atoms with E-state index in [0.717, 1.165) is 35.7 Å². The Labute approximate surface area is 136 Å². The van der Waals surface area contributed by atoms with Gasteiger partial charge in [-0.25, -0.2) is 9.48 Å². The minimum Gasteiger partial charge on any atom is -0.338 e. The number of H-pyrrole nitrogens is 1. The standard InChI is InChI=1S/C16H26N6O/c1-10(2)22-15(9-11(3)21-22)18-16(23)17-8-6-7-14-12(4)19-20-13(14)5/h9-10H,6-8H2,1-5H3,(H,19,20)(H2,17,18,23). The highest BCUT2D eigenvalue weighted by molar-refractivity contribution is 5.88. The van der Waals surface area contributed by atoms with Crippen molar-refractivity contribution in [3.05, 3.63) is 28.7 Å². The average Bonchev–Trinajstić information content (AvgIpc) is 2.99. The first-order chi connectivity index (χ1) is 10.9. The Balaban J connectivity index is 1.80. The van der Waals surface area contributed by atoms with E-state index in [0.29, 0.717) is 6.54 Å². The molecule has 0 radical (unpaired) electrons. The highest BCUT2D eigenvalue weighted by atomic mass is 16.2. The SMILES string of the molecule is Cc1cc(NC(=O)NCCCc2c(C)n[nH]c2C)n(C(C)C)n1. The molecule has 0 bridgehead atoms. The van der Waals surface area contributed by atoms with Gasteiger partial charge in [0.1, 0.15) is 5.82 Å². The molecule has 0 aliphatic carbocycles. The Morgan fingerprint density at radius 1 is 1.35 bits per heavy atom. The number of aromatic nitrogens is 4. The molecule has 2 aromatic rings. The third-order valence-corrected chi connectivity index (χ3v) is 3.76. The Hall–Kier alpha value is -2.31. The van der Waals surface area contributed by atoms with Gasteiger partial charge >= 0.3 is 6.03 Å². The lowest BCUT2D eigenvalue weighted by molar-refractivity contribution is 0.251. The molecule has 0 aliphatic rings. The Kier molecular flexibility index (Phi) is 5.41. The van der Waals surface area contributed by atoms with Crippen LogP contribution in [0.15, 0.2) is 6.07 Å². The maximum absolute atomic E-state index is 12.0. The molecule has 2 heterocycles. The summed E-state index contributed by atoms with van der Waals surface area (Å²) in [7, 11) is 0. The zero-order chi connectivity index (χ0) is 17.0. The fraction of sp³-hybridized carbons (Fsp3) is 0.562. The van der Waals surface area contributed by atoms with E-state index >= 15 is 0 Å². The number of hydrogen-bond donors (Lipinski definition) is 3. The summed E-state index contributed by atoms with van der Waals surface area (Å²) in [5, 5.41) is 17.3. The lowest BCUT2D eigenvalue weighted by atomic mass is 10.1. The van der Waals surface area contributed by atoms with Gasteiger partial charge in [-0.05, 0) is 53.0 Å². The molecule has 7 heteroatoms. The number of amides is 2. The predicted octanol–water partition coefficient (Wildman–Crippen LogP) is 2.87. The third kappa shape index (κ3) is 4.34. The number of aryl methyl sites for hydroxylation is 3. The van der Waals surface area contributed by atoms with Gasteiger partial charge in [0.2, 0.25) is 0 Å². The van der Waals surface area contributed by atoms with Gasteiger partial charge in [-0.3, -0.25) is 10.4 Å². The van der Waals surface area contributed by atoms with Crippen LogP contribution in [0.2, 0.25) is 0 Å². The van der Waals surface area contributed by atoms with Gasteiger partial charge in [0, 0.05) is 24.3 Å². The molecule has 2 aromatic heterocycles. The molecule has 0 fully saturated rings. The second-order valence-electron chi connectivity index (χ2n) is 6.11. The number of urea groups is 1. The minimum atomic E-state index is -0.201. The maximum atomic E-state index is 12.0. The lowest BCUT2D eigenvalue weighted by Crippen LogP contribution is -2.30. The second-order valence-corrected chi connectivity index (χ2v) is 6.11. The van der Waals surface area contributed by atoms with Gasteiger partial charge in [-0.1, -0.05) is 0 Å². The second kappa shape index (κ2) is 7.30. The molecule has 7 nitrogen and oxygen atoms in total. The number of carbonyl (C=O) groups is 1. The first-order valence-corrected chi connectivity index (χ1v) is 8.00. The number of carbonyl (C=O) groups excluding carboxylic acids is 1. The molecule has 2 amide bonds. The summed E-state index contributed by atoms with van der Waals surface area (Å²) in [6, 6.07) is 1.87. The number of anilines is 1. The zero-order valence-electron chi connectivity index (χ0n) is 14.5. The monoisotopic (exact) mass is 318 g/mol. The molecule has 0 aliphatic heterocycles. The molecule has 0 unspecified atom stereocenters. The van der Waals surface area contributed by atoms with Crippen LogP contribution >= 0.6 is 0 Å². The lowest BCUT2D eigenvalue weighted by Gasteiger charge is -2.12. The van der Waals surface area contributed by atoms with Crippen LogP contribution in [0.5, 0.6) is 0 Å². The molecule has 126 valence electrons. The molecule has 0 aromatic carbocycles. The van der Waals surface area contributed by atoms with E-state index < -0.39 is 0 Å². The molecular weight excluding hydrogens is 292 g/mol. The summed E-state index contributed by atoms with van der Waals surface area (Å²) < 4.78 is 1.81. The molecule has 0 atom stereocenters. The summed E-state index contributed by atoms with van der Waals surface area (Å²) in [6.07, 6.45) is 1.77. The maximum Gasteiger partial charge on any atom is 0.320 e. The van der Waals surface area contributed by atoms with Crippen molar-refractivity contribution in [2.45, 2.75) is 53.5 Å². The van der Waals surface area contributed by atoms with Gasteiger partial charge in [0.25, 0.3) is 0 Å². The number of aromatic amines is 1. The van der Waals surface area contributed by atoms with Crippen LogP contribution < -0.4 is 10.6 Å². The van der Waals surface area contributed by atoms with Crippen molar-refractivity contribution in [3.63, 3.8) is 0 Å². The van der Waals surface area contributed by atoms with Crippen molar-refractivity contribution in [2.24, 2.45) is 0 Å². The van der Waals surface area contributed by atoms with Crippen LogP contribution in [-0.2, 0) is 6.42 Å². The largest absolute Gasteiger partial charge is 0.338 e. The van der Waals surface area contributed by atoms with Crippen LogP contribution in [0.25, 0.3) is 0 Å². The highest BCUT2D eigenvalue weighted by Crippen LogP contribution is 2.15. The third-order valence-electron chi connectivity index (χ3n) is 3.76. The first kappa shape index (κ1) is 17.1. The van der Waals surface area contributed by atoms with Crippen molar-refractivity contribution in [1.29, 1.82) is 0 Å². The topological polar surface area (TPSA) is 87.6 Å². The fourth-order valence-electron chi connectivity index (χ4n) is 2.57. The van der Waals surface area contributed by atoms with E-state index in [-0.39, 0.29) is 12.1 Å².